The Morgan fingerprint density at radius 1 is 1.41 bits per heavy atom. The van der Waals surface area contributed by atoms with Crippen molar-refractivity contribution in [2.75, 3.05) is 11.9 Å². The van der Waals surface area contributed by atoms with Gasteiger partial charge in [0.05, 0.1) is 40.4 Å². The van der Waals surface area contributed by atoms with Crippen molar-refractivity contribution in [2.24, 2.45) is 13.0 Å². The number of amides is 1. The van der Waals surface area contributed by atoms with Gasteiger partial charge in [-0.15, -0.1) is 0 Å². The van der Waals surface area contributed by atoms with Gasteiger partial charge in [0, 0.05) is 11.5 Å². The molecule has 1 fully saturated rings. The second kappa shape index (κ2) is 8.30. The summed E-state index contributed by atoms with van der Waals surface area (Å²) in [6.07, 6.45) is 4.88. The smallest absolute Gasteiger partial charge is 0.277 e. The van der Waals surface area contributed by atoms with Crippen LogP contribution in [0.4, 0.5) is 15.8 Å². The summed E-state index contributed by atoms with van der Waals surface area (Å²) in [4.78, 5) is 22.3. The van der Waals surface area contributed by atoms with E-state index in [1.165, 1.54) is 12.7 Å². The van der Waals surface area contributed by atoms with Gasteiger partial charge >= 0.3 is 0 Å². The van der Waals surface area contributed by atoms with Crippen molar-refractivity contribution in [1.82, 2.24) is 15.0 Å². The Bertz CT molecular complexity index is 1080. The summed E-state index contributed by atoms with van der Waals surface area (Å²) >= 11 is 9.61. The van der Waals surface area contributed by atoms with E-state index in [4.69, 9.17) is 16.4 Å². The van der Waals surface area contributed by atoms with Crippen molar-refractivity contribution in [3.05, 3.63) is 51.5 Å². The fourth-order valence-electron chi connectivity index (χ4n) is 3.19. The van der Waals surface area contributed by atoms with Crippen LogP contribution < -0.4 is 10.8 Å². The number of fused-ring (bicyclic) bond motifs is 1. The van der Waals surface area contributed by atoms with Crippen molar-refractivity contribution < 1.29 is 14.0 Å². The van der Waals surface area contributed by atoms with Crippen molar-refractivity contribution in [3.63, 3.8) is 0 Å². The highest BCUT2D eigenvalue weighted by molar-refractivity contribution is 9.10. The third-order valence-electron chi connectivity index (χ3n) is 5.10. The average molecular weight is 482 g/mol. The molecule has 3 aromatic rings. The summed E-state index contributed by atoms with van der Waals surface area (Å²) < 4.78 is 17.7. The first-order valence-corrected chi connectivity index (χ1v) is 10.4. The highest BCUT2D eigenvalue weighted by Crippen LogP contribution is 2.34. The lowest BCUT2D eigenvalue weighted by atomic mass is 9.86. The molecule has 1 aliphatic rings. The predicted molar refractivity (Wildman–Crippen MR) is 114 cm³/mol. The number of carbonyl (C=O) groups is 1. The van der Waals surface area contributed by atoms with Crippen molar-refractivity contribution in [2.45, 2.75) is 19.3 Å². The fourth-order valence-corrected chi connectivity index (χ4v) is 3.91. The first kappa shape index (κ1) is 20.1. The van der Waals surface area contributed by atoms with Crippen LogP contribution in [0.15, 0.2) is 35.1 Å². The van der Waals surface area contributed by atoms with Crippen molar-refractivity contribution in [1.29, 1.82) is 0 Å². The second-order valence-electron chi connectivity index (χ2n) is 7.12. The number of hydrogen-bond acceptors (Lipinski definition) is 4. The van der Waals surface area contributed by atoms with Crippen LogP contribution >= 0.6 is 27.5 Å². The van der Waals surface area contributed by atoms with E-state index < -0.39 is 11.7 Å². The molecule has 2 aromatic carbocycles. The first-order valence-electron chi connectivity index (χ1n) is 9.21. The van der Waals surface area contributed by atoms with E-state index in [2.05, 4.69) is 31.7 Å². The molecule has 6 nitrogen and oxygen atoms in total. The molecule has 0 bridgehead atoms. The average Bonchev–Trinajstić information content (AvgIpc) is 3.02. The summed E-state index contributed by atoms with van der Waals surface area (Å²) in [6.45, 7) is 0.448. The molecule has 29 heavy (non-hydrogen) atoms. The van der Waals surface area contributed by atoms with E-state index in [1.807, 2.05) is 0 Å². The number of anilines is 2. The number of nitrogens with one attached hydrogen (secondary N) is 2. The molecule has 9 heteroatoms. The van der Waals surface area contributed by atoms with E-state index in [9.17, 15) is 4.79 Å². The van der Waals surface area contributed by atoms with Gasteiger partial charge in [-0.2, -0.15) is 0 Å². The molecule has 0 aliphatic heterocycles. The van der Waals surface area contributed by atoms with E-state index in [1.54, 1.807) is 35.9 Å². The summed E-state index contributed by atoms with van der Waals surface area (Å²) in [5.74, 6) is -0.709. The summed E-state index contributed by atoms with van der Waals surface area (Å²) in [5.41, 5.74) is 3.66. The second-order valence-corrected chi connectivity index (χ2v) is 8.45. The van der Waals surface area contributed by atoms with Crippen molar-refractivity contribution >= 4 is 55.8 Å². The minimum absolute atomic E-state index is 0.00910. The number of halogens is 3. The van der Waals surface area contributed by atoms with Crippen LogP contribution in [0.25, 0.3) is 11.0 Å². The minimum atomic E-state index is -0.633. The molecule has 1 aromatic heterocycles. The molecule has 2 N–H and O–H groups in total. The molecule has 152 valence electrons. The minimum Gasteiger partial charge on any atom is -0.351 e. The van der Waals surface area contributed by atoms with Crippen LogP contribution in [-0.4, -0.2) is 22.1 Å². The maximum atomic E-state index is 15.3. The van der Waals surface area contributed by atoms with Gasteiger partial charge in [-0.1, -0.05) is 34.0 Å². The van der Waals surface area contributed by atoms with Crippen LogP contribution in [0.2, 0.25) is 5.02 Å². The highest BCUT2D eigenvalue weighted by Gasteiger charge is 2.23. The highest BCUT2D eigenvalue weighted by atomic mass is 79.9. The number of benzene rings is 2. The molecule has 0 atom stereocenters. The monoisotopic (exact) mass is 480 g/mol. The molecule has 0 spiro atoms. The Morgan fingerprint density at radius 2 is 2.21 bits per heavy atom. The quantitative estimate of drug-likeness (QED) is 0.467. The lowest BCUT2D eigenvalue weighted by Gasteiger charge is -2.24. The lowest BCUT2D eigenvalue weighted by Crippen LogP contribution is -2.29. The van der Waals surface area contributed by atoms with E-state index in [0.717, 1.165) is 17.3 Å². The zero-order chi connectivity index (χ0) is 20.5. The number of aryl methyl sites for hydroxylation is 1. The number of imidazole rings is 1. The van der Waals surface area contributed by atoms with Crippen LogP contribution in [0, 0.1) is 11.7 Å². The summed E-state index contributed by atoms with van der Waals surface area (Å²) in [5, 5.41) is 3.33. The number of hydroxylamine groups is 1. The molecule has 1 amide bonds. The van der Waals surface area contributed by atoms with E-state index in [-0.39, 0.29) is 16.8 Å². The number of carbonyl (C=O) groups excluding carboxylic acids is 1. The molecular formula is C20H19BrClFN4O2. The zero-order valence-corrected chi connectivity index (χ0v) is 18.0. The van der Waals surface area contributed by atoms with Gasteiger partial charge in [-0.25, -0.2) is 14.9 Å². The Morgan fingerprint density at radius 3 is 2.90 bits per heavy atom. The molecule has 4 rings (SSSR count). The Labute approximate surface area is 180 Å². The number of aromatic nitrogens is 2. The van der Waals surface area contributed by atoms with Gasteiger partial charge in [0.15, 0.2) is 5.82 Å². The largest absolute Gasteiger partial charge is 0.351 e. The standard InChI is InChI=1S/C20H19BrClFN4O2/c1-27-10-24-19-16(27)8-13(20(28)26-29-9-11-3-2-4-11)18(17(19)23)25-15-6-5-12(21)7-14(15)22/h5-8,10-11,25H,2-4,9H2,1H3,(H,26,28). The van der Waals surface area contributed by atoms with Gasteiger partial charge in [-0.05, 0) is 43.0 Å². The molecule has 0 radical (unpaired) electrons. The SMILES string of the molecule is Cn1cnc2c(F)c(Nc3ccc(Br)cc3Cl)c(C(=O)NOCC3CCC3)cc21. The molecule has 0 saturated heterocycles. The summed E-state index contributed by atoms with van der Waals surface area (Å²) in [6, 6.07) is 6.74. The predicted octanol–water partition coefficient (Wildman–Crippen LogP) is 5.33. The van der Waals surface area contributed by atoms with Gasteiger partial charge in [0.1, 0.15) is 5.52 Å². The molecule has 1 aliphatic carbocycles. The molecule has 0 unspecified atom stereocenters. The normalized spacial score (nSPS) is 14.1. The van der Waals surface area contributed by atoms with E-state index in [0.29, 0.717) is 28.8 Å². The third kappa shape index (κ3) is 4.10. The van der Waals surface area contributed by atoms with Gasteiger partial charge in [0.25, 0.3) is 5.91 Å². The maximum absolute atomic E-state index is 15.3. The van der Waals surface area contributed by atoms with Gasteiger partial charge < -0.3 is 9.88 Å². The van der Waals surface area contributed by atoms with Crippen LogP contribution in [0.1, 0.15) is 29.6 Å². The van der Waals surface area contributed by atoms with Crippen LogP contribution in [0.5, 0.6) is 0 Å². The molecular weight excluding hydrogens is 463 g/mol. The Hall–Kier alpha value is -2.16. The van der Waals surface area contributed by atoms with E-state index >= 15 is 4.39 Å². The number of nitrogens with zero attached hydrogens (tertiary/aromatic N) is 2. The summed E-state index contributed by atoms with van der Waals surface area (Å²) in [7, 11) is 1.74. The Balaban J connectivity index is 1.69. The van der Waals surface area contributed by atoms with Crippen molar-refractivity contribution in [3.8, 4) is 0 Å². The van der Waals surface area contributed by atoms with Crippen LogP contribution in [0.3, 0.4) is 0 Å². The zero-order valence-electron chi connectivity index (χ0n) is 15.6. The lowest BCUT2D eigenvalue weighted by molar-refractivity contribution is 0.00323. The maximum Gasteiger partial charge on any atom is 0.277 e. The fraction of sp³-hybridized carbons (Fsp3) is 0.300. The number of hydrogen-bond donors (Lipinski definition) is 2. The third-order valence-corrected chi connectivity index (χ3v) is 5.91. The first-order chi connectivity index (χ1) is 13.9. The molecule has 1 heterocycles. The number of rotatable bonds is 6. The topological polar surface area (TPSA) is 68.2 Å². The van der Waals surface area contributed by atoms with Gasteiger partial charge in [-0.3, -0.25) is 9.63 Å². The Kier molecular flexibility index (Phi) is 5.76. The molecule has 1 saturated carbocycles. The van der Waals surface area contributed by atoms with Crippen LogP contribution in [-0.2, 0) is 11.9 Å². The van der Waals surface area contributed by atoms with Gasteiger partial charge in [0.2, 0.25) is 0 Å².